The number of rotatable bonds is 3. The van der Waals surface area contributed by atoms with Crippen molar-refractivity contribution < 1.29 is 9.13 Å². The molecule has 2 N–H and O–H groups in total. The van der Waals surface area contributed by atoms with E-state index in [4.69, 9.17) is 10.5 Å². The van der Waals surface area contributed by atoms with Gasteiger partial charge in [0.05, 0.1) is 0 Å². The van der Waals surface area contributed by atoms with E-state index in [0.717, 1.165) is 23.1 Å². The molecule has 2 aromatic carbocycles. The van der Waals surface area contributed by atoms with Gasteiger partial charge in [0.25, 0.3) is 0 Å². The van der Waals surface area contributed by atoms with Crippen LogP contribution in [0.4, 0.5) is 4.39 Å². The van der Waals surface area contributed by atoms with E-state index in [1.807, 2.05) is 24.3 Å². The van der Waals surface area contributed by atoms with Crippen molar-refractivity contribution in [2.45, 2.75) is 25.5 Å². The van der Waals surface area contributed by atoms with Crippen molar-refractivity contribution in [2.75, 3.05) is 0 Å². The highest BCUT2D eigenvalue weighted by molar-refractivity contribution is 9.10. The predicted octanol–water partition coefficient (Wildman–Crippen LogP) is 4.11. The SMILES string of the molecule is N[C@H]1CCc2cc(OCc3ccc(Br)cc3F)ccc21. The Morgan fingerprint density at radius 2 is 2.10 bits per heavy atom. The van der Waals surface area contributed by atoms with Crippen molar-refractivity contribution in [2.24, 2.45) is 5.73 Å². The zero-order valence-electron chi connectivity index (χ0n) is 10.9. The molecule has 104 valence electrons. The molecule has 0 aliphatic heterocycles. The molecule has 1 aliphatic rings. The average molecular weight is 336 g/mol. The largest absolute Gasteiger partial charge is 0.489 e. The van der Waals surface area contributed by atoms with Crippen LogP contribution in [-0.2, 0) is 13.0 Å². The first-order valence-corrected chi connectivity index (χ1v) is 7.38. The molecule has 0 radical (unpaired) electrons. The minimum Gasteiger partial charge on any atom is -0.489 e. The maximum Gasteiger partial charge on any atom is 0.130 e. The van der Waals surface area contributed by atoms with Gasteiger partial charge >= 0.3 is 0 Å². The zero-order chi connectivity index (χ0) is 14.1. The highest BCUT2D eigenvalue weighted by atomic mass is 79.9. The Bertz CT molecular complexity index is 644. The zero-order valence-corrected chi connectivity index (χ0v) is 12.5. The Hall–Kier alpha value is -1.39. The van der Waals surface area contributed by atoms with Gasteiger partial charge in [0, 0.05) is 16.1 Å². The summed E-state index contributed by atoms with van der Waals surface area (Å²) in [7, 11) is 0. The standard InChI is InChI=1S/C16H15BrFNO/c17-12-3-1-11(15(18)8-12)9-20-13-4-5-14-10(7-13)2-6-16(14)19/h1,3-5,7-8,16H,2,6,9,19H2/t16-/m0/s1. The molecule has 0 fully saturated rings. The number of fused-ring (bicyclic) bond motifs is 1. The summed E-state index contributed by atoms with van der Waals surface area (Å²) in [5.41, 5.74) is 8.99. The van der Waals surface area contributed by atoms with Gasteiger partial charge < -0.3 is 10.5 Å². The molecule has 0 saturated heterocycles. The first-order valence-electron chi connectivity index (χ1n) is 6.58. The fourth-order valence-electron chi connectivity index (χ4n) is 2.52. The summed E-state index contributed by atoms with van der Waals surface area (Å²) in [5, 5.41) is 0. The smallest absolute Gasteiger partial charge is 0.130 e. The first-order chi connectivity index (χ1) is 9.63. The lowest BCUT2D eigenvalue weighted by Gasteiger charge is -2.10. The normalized spacial score (nSPS) is 17.1. The molecule has 1 atom stereocenters. The summed E-state index contributed by atoms with van der Waals surface area (Å²) in [6, 6.07) is 11.1. The van der Waals surface area contributed by atoms with Gasteiger partial charge in [-0.25, -0.2) is 4.39 Å². The summed E-state index contributed by atoms with van der Waals surface area (Å²) < 4.78 is 20.1. The van der Waals surface area contributed by atoms with Crippen molar-refractivity contribution in [1.82, 2.24) is 0 Å². The van der Waals surface area contributed by atoms with E-state index in [0.29, 0.717) is 5.56 Å². The molecule has 0 aromatic heterocycles. The van der Waals surface area contributed by atoms with Crippen LogP contribution >= 0.6 is 15.9 Å². The lowest BCUT2D eigenvalue weighted by molar-refractivity contribution is 0.299. The monoisotopic (exact) mass is 335 g/mol. The fourth-order valence-corrected chi connectivity index (χ4v) is 2.85. The third-order valence-corrected chi connectivity index (χ3v) is 4.14. The number of ether oxygens (including phenoxy) is 1. The highest BCUT2D eigenvalue weighted by Gasteiger charge is 2.19. The molecule has 0 unspecified atom stereocenters. The molecule has 0 spiro atoms. The van der Waals surface area contributed by atoms with Crippen molar-refractivity contribution in [1.29, 1.82) is 0 Å². The minimum atomic E-state index is -0.262. The lowest BCUT2D eigenvalue weighted by Crippen LogP contribution is -2.05. The van der Waals surface area contributed by atoms with Crippen molar-refractivity contribution in [3.63, 3.8) is 0 Å². The Morgan fingerprint density at radius 1 is 1.25 bits per heavy atom. The number of hydrogen-bond donors (Lipinski definition) is 1. The van der Waals surface area contributed by atoms with Crippen molar-refractivity contribution in [3.8, 4) is 5.75 Å². The van der Waals surface area contributed by atoms with Gasteiger partial charge in [-0.3, -0.25) is 0 Å². The Balaban J connectivity index is 1.73. The van der Waals surface area contributed by atoms with Crippen LogP contribution in [0.2, 0.25) is 0 Å². The highest BCUT2D eigenvalue weighted by Crippen LogP contribution is 2.32. The predicted molar refractivity (Wildman–Crippen MR) is 80.1 cm³/mol. The fraction of sp³-hybridized carbons (Fsp3) is 0.250. The van der Waals surface area contributed by atoms with Gasteiger partial charge in [0.1, 0.15) is 18.2 Å². The maximum atomic E-state index is 13.7. The molecule has 3 rings (SSSR count). The van der Waals surface area contributed by atoms with Crippen LogP contribution in [0.3, 0.4) is 0 Å². The van der Waals surface area contributed by atoms with Crippen LogP contribution < -0.4 is 10.5 Å². The molecule has 0 heterocycles. The Kier molecular flexibility index (Phi) is 3.76. The van der Waals surface area contributed by atoms with Gasteiger partial charge in [-0.2, -0.15) is 0 Å². The molecule has 0 amide bonds. The topological polar surface area (TPSA) is 35.2 Å². The summed E-state index contributed by atoms with van der Waals surface area (Å²) in [6.45, 7) is 0.226. The van der Waals surface area contributed by atoms with Crippen molar-refractivity contribution in [3.05, 3.63) is 63.4 Å². The van der Waals surface area contributed by atoms with Crippen LogP contribution in [0.5, 0.6) is 5.75 Å². The third-order valence-electron chi connectivity index (χ3n) is 3.65. The summed E-state index contributed by atoms with van der Waals surface area (Å²) in [4.78, 5) is 0. The van der Waals surface area contributed by atoms with Crippen LogP contribution in [0.15, 0.2) is 40.9 Å². The third kappa shape index (κ3) is 2.72. The molecular weight excluding hydrogens is 321 g/mol. The Morgan fingerprint density at radius 3 is 2.90 bits per heavy atom. The van der Waals surface area contributed by atoms with E-state index < -0.39 is 0 Å². The minimum absolute atomic E-state index is 0.142. The summed E-state index contributed by atoms with van der Waals surface area (Å²) in [6.07, 6.45) is 1.97. The molecule has 4 heteroatoms. The van der Waals surface area contributed by atoms with E-state index >= 15 is 0 Å². The second-order valence-electron chi connectivity index (χ2n) is 5.03. The molecule has 2 nitrogen and oxygen atoms in total. The number of halogens is 2. The van der Waals surface area contributed by atoms with Crippen molar-refractivity contribution >= 4 is 15.9 Å². The maximum absolute atomic E-state index is 13.7. The van der Waals surface area contributed by atoms with Gasteiger partial charge in [0.15, 0.2) is 0 Å². The Labute approximate surface area is 125 Å². The second-order valence-corrected chi connectivity index (χ2v) is 5.95. The number of nitrogens with two attached hydrogens (primary N) is 1. The lowest BCUT2D eigenvalue weighted by atomic mass is 10.1. The molecule has 0 saturated carbocycles. The van der Waals surface area contributed by atoms with E-state index in [1.54, 1.807) is 6.07 Å². The van der Waals surface area contributed by atoms with Gasteiger partial charge in [-0.15, -0.1) is 0 Å². The van der Waals surface area contributed by atoms with E-state index in [2.05, 4.69) is 15.9 Å². The van der Waals surface area contributed by atoms with Crippen LogP contribution in [0.25, 0.3) is 0 Å². The number of aryl methyl sites for hydroxylation is 1. The van der Waals surface area contributed by atoms with Gasteiger partial charge in [-0.1, -0.05) is 28.1 Å². The summed E-state index contributed by atoms with van der Waals surface area (Å²) in [5.74, 6) is 0.503. The van der Waals surface area contributed by atoms with E-state index in [-0.39, 0.29) is 18.5 Å². The molecule has 1 aliphatic carbocycles. The van der Waals surface area contributed by atoms with Crippen LogP contribution in [0.1, 0.15) is 29.2 Å². The van der Waals surface area contributed by atoms with Crippen LogP contribution in [-0.4, -0.2) is 0 Å². The molecule has 2 aromatic rings. The molecule has 0 bridgehead atoms. The molecular formula is C16H15BrFNO. The average Bonchev–Trinajstić information content (AvgIpc) is 2.79. The van der Waals surface area contributed by atoms with E-state index in [1.165, 1.54) is 17.2 Å². The van der Waals surface area contributed by atoms with E-state index in [9.17, 15) is 4.39 Å². The number of benzene rings is 2. The number of hydrogen-bond acceptors (Lipinski definition) is 2. The van der Waals surface area contributed by atoms with Crippen LogP contribution in [0, 0.1) is 5.82 Å². The summed E-state index contributed by atoms with van der Waals surface area (Å²) >= 11 is 3.24. The van der Waals surface area contributed by atoms with Gasteiger partial charge in [0.2, 0.25) is 0 Å². The first kappa shape index (κ1) is 13.6. The molecule has 20 heavy (non-hydrogen) atoms. The quantitative estimate of drug-likeness (QED) is 0.915. The van der Waals surface area contributed by atoms with Gasteiger partial charge in [-0.05, 0) is 48.2 Å². The second kappa shape index (κ2) is 5.54.